The molecule has 0 saturated carbocycles. The topological polar surface area (TPSA) is 94.4 Å². The molecular formula is C13H10ClN3O4. The Morgan fingerprint density at radius 2 is 2.19 bits per heavy atom. The standard InChI is InChI=1S/C13H10ClN3O4/c14-9-4-5-11(10(7-9)17(19)20)21-8-13(18)16-12-3-1-2-6-15-12/h1-7H,8H2,(H,15,16,18). The van der Waals surface area contributed by atoms with Crippen molar-refractivity contribution < 1.29 is 14.5 Å². The normalized spacial score (nSPS) is 9.95. The van der Waals surface area contributed by atoms with Gasteiger partial charge in [-0.15, -0.1) is 0 Å². The van der Waals surface area contributed by atoms with Crippen molar-refractivity contribution in [2.45, 2.75) is 0 Å². The SMILES string of the molecule is O=C(COc1ccc(Cl)cc1[N+](=O)[O-])Nc1ccccn1. The molecule has 7 nitrogen and oxygen atoms in total. The molecule has 0 aliphatic carbocycles. The van der Waals surface area contributed by atoms with Crippen molar-refractivity contribution in [3.8, 4) is 5.75 Å². The van der Waals surface area contributed by atoms with E-state index in [9.17, 15) is 14.9 Å². The Morgan fingerprint density at radius 3 is 2.86 bits per heavy atom. The van der Waals surface area contributed by atoms with E-state index in [-0.39, 0.29) is 23.1 Å². The zero-order valence-electron chi connectivity index (χ0n) is 10.7. The fourth-order valence-corrected chi connectivity index (χ4v) is 1.68. The van der Waals surface area contributed by atoms with Gasteiger partial charge in [0.2, 0.25) is 0 Å². The summed E-state index contributed by atoms with van der Waals surface area (Å²) in [6.45, 7) is -0.376. The third-order valence-electron chi connectivity index (χ3n) is 2.41. The first-order valence-corrected chi connectivity index (χ1v) is 6.21. The van der Waals surface area contributed by atoms with Crippen molar-refractivity contribution in [2.24, 2.45) is 0 Å². The number of nitro groups is 1. The number of rotatable bonds is 5. The summed E-state index contributed by atoms with van der Waals surface area (Å²) in [6, 6.07) is 8.99. The second kappa shape index (κ2) is 6.67. The van der Waals surface area contributed by atoms with E-state index in [4.69, 9.17) is 16.3 Å². The van der Waals surface area contributed by atoms with Crippen LogP contribution in [0.4, 0.5) is 11.5 Å². The number of anilines is 1. The first-order chi connectivity index (χ1) is 10.1. The number of aromatic nitrogens is 1. The summed E-state index contributed by atoms with van der Waals surface area (Å²) in [5.74, 6) is -0.129. The number of hydrogen-bond donors (Lipinski definition) is 1. The Morgan fingerprint density at radius 1 is 1.38 bits per heavy atom. The molecule has 0 saturated heterocycles. The summed E-state index contributed by atoms with van der Waals surface area (Å²) in [5.41, 5.74) is -0.298. The number of carbonyl (C=O) groups is 1. The lowest BCUT2D eigenvalue weighted by molar-refractivity contribution is -0.385. The van der Waals surface area contributed by atoms with E-state index in [1.54, 1.807) is 18.2 Å². The molecule has 1 heterocycles. The number of hydrogen-bond acceptors (Lipinski definition) is 5. The van der Waals surface area contributed by atoms with Crippen molar-refractivity contribution in [1.29, 1.82) is 0 Å². The highest BCUT2D eigenvalue weighted by Crippen LogP contribution is 2.29. The predicted octanol–water partition coefficient (Wildman–Crippen LogP) is 2.66. The zero-order chi connectivity index (χ0) is 15.2. The van der Waals surface area contributed by atoms with Gasteiger partial charge in [-0.2, -0.15) is 0 Å². The minimum absolute atomic E-state index is 0.0272. The molecule has 21 heavy (non-hydrogen) atoms. The molecule has 2 aromatic rings. The molecule has 0 aliphatic heterocycles. The highest BCUT2D eigenvalue weighted by Gasteiger charge is 2.16. The van der Waals surface area contributed by atoms with Crippen LogP contribution in [0.3, 0.4) is 0 Å². The monoisotopic (exact) mass is 307 g/mol. The van der Waals surface area contributed by atoms with Gasteiger partial charge in [-0.05, 0) is 24.3 Å². The number of nitro benzene ring substituents is 1. The third-order valence-corrected chi connectivity index (χ3v) is 2.64. The zero-order valence-corrected chi connectivity index (χ0v) is 11.4. The molecule has 0 atom stereocenters. The Kier molecular flexibility index (Phi) is 4.68. The van der Waals surface area contributed by atoms with Crippen molar-refractivity contribution in [1.82, 2.24) is 4.98 Å². The molecule has 1 amide bonds. The van der Waals surface area contributed by atoms with Gasteiger partial charge >= 0.3 is 5.69 Å². The van der Waals surface area contributed by atoms with Gasteiger partial charge in [0.05, 0.1) is 4.92 Å². The highest BCUT2D eigenvalue weighted by atomic mass is 35.5. The molecule has 0 radical (unpaired) electrons. The molecule has 1 aromatic heterocycles. The molecule has 108 valence electrons. The number of pyridine rings is 1. The molecule has 2 rings (SSSR count). The summed E-state index contributed by atoms with van der Waals surface area (Å²) in [4.78, 5) is 25.8. The molecule has 0 unspecified atom stereocenters. The molecule has 0 spiro atoms. The summed E-state index contributed by atoms with van der Waals surface area (Å²) in [5, 5.41) is 13.6. The predicted molar refractivity (Wildman–Crippen MR) is 76.5 cm³/mol. The fraction of sp³-hybridized carbons (Fsp3) is 0.0769. The maximum Gasteiger partial charge on any atom is 0.312 e. The van der Waals surface area contributed by atoms with Gasteiger partial charge in [-0.3, -0.25) is 14.9 Å². The largest absolute Gasteiger partial charge is 0.477 e. The van der Waals surface area contributed by atoms with Crippen LogP contribution in [0.1, 0.15) is 0 Å². The van der Waals surface area contributed by atoms with Crippen molar-refractivity contribution in [3.63, 3.8) is 0 Å². The highest BCUT2D eigenvalue weighted by molar-refractivity contribution is 6.30. The minimum atomic E-state index is -0.627. The summed E-state index contributed by atoms with van der Waals surface area (Å²) < 4.78 is 5.15. The van der Waals surface area contributed by atoms with Crippen molar-refractivity contribution in [3.05, 3.63) is 57.7 Å². The number of benzene rings is 1. The first-order valence-electron chi connectivity index (χ1n) is 5.84. The van der Waals surface area contributed by atoms with E-state index in [1.165, 1.54) is 18.3 Å². The van der Waals surface area contributed by atoms with Gasteiger partial charge in [-0.25, -0.2) is 4.98 Å². The first kappa shape index (κ1) is 14.7. The van der Waals surface area contributed by atoms with Crippen LogP contribution < -0.4 is 10.1 Å². The third kappa shape index (κ3) is 4.15. The number of nitrogens with one attached hydrogen (secondary N) is 1. The minimum Gasteiger partial charge on any atom is -0.477 e. The Hall–Kier alpha value is -2.67. The quantitative estimate of drug-likeness (QED) is 0.677. The lowest BCUT2D eigenvalue weighted by atomic mass is 10.3. The molecule has 0 aliphatic rings. The lowest BCUT2D eigenvalue weighted by Crippen LogP contribution is -2.20. The molecule has 8 heteroatoms. The van der Waals surface area contributed by atoms with Gasteiger partial charge in [-0.1, -0.05) is 17.7 Å². The van der Waals surface area contributed by atoms with Gasteiger partial charge in [0, 0.05) is 17.3 Å². The fourth-order valence-electron chi connectivity index (χ4n) is 1.51. The average molecular weight is 308 g/mol. The maximum atomic E-state index is 11.7. The number of halogens is 1. The maximum absolute atomic E-state index is 11.7. The van der Waals surface area contributed by atoms with Crippen LogP contribution >= 0.6 is 11.6 Å². The molecule has 1 N–H and O–H groups in total. The van der Waals surface area contributed by atoms with Crippen LogP contribution in [-0.2, 0) is 4.79 Å². The summed E-state index contributed by atoms with van der Waals surface area (Å²) in [7, 11) is 0. The number of nitrogens with zero attached hydrogens (tertiary/aromatic N) is 2. The van der Waals surface area contributed by atoms with Crippen LogP contribution in [0.2, 0.25) is 5.02 Å². The number of carbonyl (C=O) groups excluding carboxylic acids is 1. The Labute approximate surface area is 124 Å². The van der Waals surface area contributed by atoms with E-state index < -0.39 is 10.8 Å². The van der Waals surface area contributed by atoms with Gasteiger partial charge in [0.25, 0.3) is 5.91 Å². The van der Waals surface area contributed by atoms with E-state index in [0.717, 1.165) is 6.07 Å². The van der Waals surface area contributed by atoms with Gasteiger partial charge in [0.1, 0.15) is 5.82 Å². The van der Waals surface area contributed by atoms with Crippen LogP contribution in [0.5, 0.6) is 5.75 Å². The van der Waals surface area contributed by atoms with Gasteiger partial charge < -0.3 is 10.1 Å². The molecular weight excluding hydrogens is 298 g/mol. The lowest BCUT2D eigenvalue weighted by Gasteiger charge is -2.07. The molecule has 0 fully saturated rings. The number of ether oxygens (including phenoxy) is 1. The van der Waals surface area contributed by atoms with Crippen molar-refractivity contribution in [2.75, 3.05) is 11.9 Å². The second-order valence-electron chi connectivity index (χ2n) is 3.92. The van der Waals surface area contributed by atoms with E-state index in [2.05, 4.69) is 10.3 Å². The Bertz CT molecular complexity index is 664. The van der Waals surface area contributed by atoms with E-state index in [0.29, 0.717) is 5.82 Å². The van der Waals surface area contributed by atoms with E-state index >= 15 is 0 Å². The average Bonchev–Trinajstić information content (AvgIpc) is 2.47. The van der Waals surface area contributed by atoms with Crippen LogP contribution in [0.15, 0.2) is 42.6 Å². The molecule has 1 aromatic carbocycles. The van der Waals surface area contributed by atoms with Crippen LogP contribution in [0.25, 0.3) is 0 Å². The number of amides is 1. The van der Waals surface area contributed by atoms with Crippen molar-refractivity contribution >= 4 is 29.0 Å². The summed E-state index contributed by atoms with van der Waals surface area (Å²) >= 11 is 5.68. The summed E-state index contributed by atoms with van der Waals surface area (Å²) in [6.07, 6.45) is 1.53. The van der Waals surface area contributed by atoms with E-state index in [1.807, 2.05) is 0 Å². The molecule has 0 bridgehead atoms. The van der Waals surface area contributed by atoms with Crippen LogP contribution in [0, 0.1) is 10.1 Å². The smallest absolute Gasteiger partial charge is 0.312 e. The van der Waals surface area contributed by atoms with Gasteiger partial charge in [0.15, 0.2) is 12.4 Å². The van der Waals surface area contributed by atoms with Crippen LogP contribution in [-0.4, -0.2) is 22.4 Å². The Balaban J connectivity index is 2.00. The second-order valence-corrected chi connectivity index (χ2v) is 4.36.